The molecule has 0 spiro atoms. The van der Waals surface area contributed by atoms with Gasteiger partial charge in [-0.25, -0.2) is 0 Å². The molecule has 0 saturated carbocycles. The van der Waals surface area contributed by atoms with Crippen molar-refractivity contribution in [3.8, 4) is 17.3 Å². The fraction of sp³-hybridized carbons (Fsp3) is 0.190. The molecule has 0 atom stereocenters. The van der Waals surface area contributed by atoms with E-state index in [1.54, 1.807) is 30.4 Å². The molecule has 0 aliphatic heterocycles. The number of benzene rings is 1. The highest BCUT2D eigenvalue weighted by Crippen LogP contribution is 2.31. The summed E-state index contributed by atoms with van der Waals surface area (Å²) in [6.45, 7) is 3.24. The van der Waals surface area contributed by atoms with E-state index >= 15 is 0 Å². The van der Waals surface area contributed by atoms with Crippen molar-refractivity contribution in [2.75, 3.05) is 0 Å². The molecule has 0 aliphatic carbocycles. The summed E-state index contributed by atoms with van der Waals surface area (Å²) in [5.41, 5.74) is 2.01. The van der Waals surface area contributed by atoms with Crippen LogP contribution in [0.3, 0.4) is 0 Å². The van der Waals surface area contributed by atoms with Crippen LogP contribution in [0.4, 0.5) is 0 Å². The van der Waals surface area contributed by atoms with E-state index in [0.717, 1.165) is 34.4 Å². The smallest absolute Gasteiger partial charge is 0.200 e. The van der Waals surface area contributed by atoms with Crippen LogP contribution in [0.5, 0.6) is 5.75 Å². The van der Waals surface area contributed by atoms with Crippen molar-refractivity contribution in [3.05, 3.63) is 77.3 Å². The Hall–Kier alpha value is -2.77. The van der Waals surface area contributed by atoms with Crippen molar-refractivity contribution in [2.24, 2.45) is 0 Å². The van der Waals surface area contributed by atoms with Gasteiger partial charge in [-0.1, -0.05) is 29.4 Å². The Labute approximate surface area is 177 Å². The third kappa shape index (κ3) is 4.63. The van der Waals surface area contributed by atoms with E-state index in [9.17, 15) is 0 Å². The van der Waals surface area contributed by atoms with E-state index in [2.05, 4.69) is 22.1 Å². The van der Waals surface area contributed by atoms with Crippen LogP contribution in [0, 0.1) is 0 Å². The first-order chi connectivity index (χ1) is 14.2. The van der Waals surface area contributed by atoms with Gasteiger partial charge in [0.25, 0.3) is 0 Å². The molecule has 148 valence electrons. The lowest BCUT2D eigenvalue weighted by atomic mass is 10.2. The maximum Gasteiger partial charge on any atom is 0.200 e. The lowest BCUT2D eigenvalue weighted by Gasteiger charge is -2.12. The Balaban J connectivity index is 1.50. The average Bonchev–Trinajstić information content (AvgIpc) is 3.41. The number of furan rings is 1. The van der Waals surface area contributed by atoms with Gasteiger partial charge >= 0.3 is 0 Å². The van der Waals surface area contributed by atoms with Gasteiger partial charge in [0, 0.05) is 40.8 Å². The van der Waals surface area contributed by atoms with Gasteiger partial charge < -0.3 is 9.15 Å². The molecule has 0 unspecified atom stereocenters. The minimum absolute atomic E-state index is 0.445. The number of hydrogen-bond donors (Lipinski definition) is 0. The summed E-state index contributed by atoms with van der Waals surface area (Å²) in [7, 11) is 0. The number of rotatable bonds is 8. The highest BCUT2D eigenvalue weighted by molar-refractivity contribution is 7.98. The predicted molar refractivity (Wildman–Crippen MR) is 113 cm³/mol. The molecule has 0 saturated heterocycles. The molecule has 29 heavy (non-hydrogen) atoms. The summed E-state index contributed by atoms with van der Waals surface area (Å²) in [6, 6.07) is 13.3. The Bertz CT molecular complexity index is 1070. The van der Waals surface area contributed by atoms with Gasteiger partial charge in [0.15, 0.2) is 16.7 Å². The van der Waals surface area contributed by atoms with Gasteiger partial charge in [-0.2, -0.15) is 0 Å². The fourth-order valence-electron chi connectivity index (χ4n) is 2.86. The van der Waals surface area contributed by atoms with Crippen molar-refractivity contribution < 1.29 is 9.15 Å². The molecule has 4 aromatic rings. The van der Waals surface area contributed by atoms with Gasteiger partial charge in [-0.15, -0.1) is 10.2 Å². The molecular weight excluding hydrogens is 408 g/mol. The Morgan fingerprint density at radius 2 is 2.10 bits per heavy atom. The van der Waals surface area contributed by atoms with Gasteiger partial charge in [-0.05, 0) is 43.3 Å². The van der Waals surface area contributed by atoms with Crippen LogP contribution >= 0.6 is 23.4 Å². The van der Waals surface area contributed by atoms with E-state index in [-0.39, 0.29) is 0 Å². The number of pyridine rings is 1. The summed E-state index contributed by atoms with van der Waals surface area (Å²) in [5, 5.41) is 10.1. The molecule has 0 fully saturated rings. The topological polar surface area (TPSA) is 66.0 Å². The molecule has 3 aromatic heterocycles. The molecule has 0 N–H and O–H groups in total. The number of hydrogen-bond acceptors (Lipinski definition) is 6. The molecule has 4 rings (SSSR count). The zero-order valence-corrected chi connectivity index (χ0v) is 17.4. The molecule has 0 amide bonds. The zero-order valence-electron chi connectivity index (χ0n) is 15.8. The molecule has 0 bridgehead atoms. The van der Waals surface area contributed by atoms with E-state index in [1.165, 1.54) is 0 Å². The fourth-order valence-corrected chi connectivity index (χ4v) is 4.03. The first kappa shape index (κ1) is 19.5. The molecule has 3 heterocycles. The van der Waals surface area contributed by atoms with E-state index in [1.807, 2.05) is 47.0 Å². The van der Waals surface area contributed by atoms with Gasteiger partial charge in [0.05, 0.1) is 6.26 Å². The summed E-state index contributed by atoms with van der Waals surface area (Å²) >= 11 is 7.81. The number of aromatic nitrogens is 4. The third-order valence-electron chi connectivity index (χ3n) is 4.27. The van der Waals surface area contributed by atoms with E-state index in [0.29, 0.717) is 23.1 Å². The van der Waals surface area contributed by atoms with Gasteiger partial charge in [0.1, 0.15) is 12.4 Å². The quantitative estimate of drug-likeness (QED) is 0.348. The summed E-state index contributed by atoms with van der Waals surface area (Å²) in [5.74, 6) is 2.87. The molecule has 0 radical (unpaired) electrons. The van der Waals surface area contributed by atoms with Crippen molar-refractivity contribution in [2.45, 2.75) is 31.0 Å². The second-order valence-corrected chi connectivity index (χ2v) is 7.60. The van der Waals surface area contributed by atoms with Crippen LogP contribution in [0.25, 0.3) is 11.6 Å². The minimum atomic E-state index is 0.445. The van der Waals surface area contributed by atoms with Gasteiger partial charge in [0.2, 0.25) is 0 Å². The molecule has 6 nitrogen and oxygen atoms in total. The maximum atomic E-state index is 6.23. The lowest BCUT2D eigenvalue weighted by molar-refractivity contribution is 0.303. The van der Waals surface area contributed by atoms with Crippen LogP contribution in [0.1, 0.15) is 18.1 Å². The van der Waals surface area contributed by atoms with Gasteiger partial charge in [-0.3, -0.25) is 9.55 Å². The Kier molecular flexibility index (Phi) is 6.17. The largest absolute Gasteiger partial charge is 0.489 e. The van der Waals surface area contributed by atoms with Crippen molar-refractivity contribution >= 4 is 23.4 Å². The summed E-state index contributed by atoms with van der Waals surface area (Å²) < 4.78 is 13.5. The van der Waals surface area contributed by atoms with E-state index < -0.39 is 0 Å². The number of halogens is 1. The standard InChI is InChI=1S/C21H19ClN4O2S/c1-2-26-20(19-6-4-10-27-19)24-25-21(26)29-14-16-11-17(22)7-8-18(16)28-13-15-5-3-9-23-12-15/h3-12H,2,13-14H2,1H3. The van der Waals surface area contributed by atoms with Crippen LogP contribution in [0.15, 0.2) is 70.7 Å². The van der Waals surface area contributed by atoms with Crippen LogP contribution in [0.2, 0.25) is 5.02 Å². The number of thioether (sulfide) groups is 1. The van der Waals surface area contributed by atoms with Crippen molar-refractivity contribution in [1.29, 1.82) is 0 Å². The van der Waals surface area contributed by atoms with Crippen molar-refractivity contribution in [3.63, 3.8) is 0 Å². The predicted octanol–water partition coefficient (Wildman–Crippen LogP) is 5.48. The second-order valence-electron chi connectivity index (χ2n) is 6.22. The maximum absolute atomic E-state index is 6.23. The first-order valence-electron chi connectivity index (χ1n) is 9.14. The monoisotopic (exact) mass is 426 g/mol. The molecular formula is C21H19ClN4O2S. The zero-order chi connectivity index (χ0) is 20.1. The summed E-state index contributed by atoms with van der Waals surface area (Å²) in [6.07, 6.45) is 5.17. The highest BCUT2D eigenvalue weighted by atomic mass is 35.5. The van der Waals surface area contributed by atoms with Crippen LogP contribution < -0.4 is 4.74 Å². The second kappa shape index (κ2) is 9.15. The first-order valence-corrected chi connectivity index (χ1v) is 10.5. The lowest BCUT2D eigenvalue weighted by Crippen LogP contribution is -2.01. The Morgan fingerprint density at radius 1 is 1.17 bits per heavy atom. The minimum Gasteiger partial charge on any atom is -0.489 e. The van der Waals surface area contributed by atoms with Crippen LogP contribution in [-0.4, -0.2) is 19.7 Å². The molecule has 1 aromatic carbocycles. The summed E-state index contributed by atoms with van der Waals surface area (Å²) in [4.78, 5) is 4.12. The highest BCUT2D eigenvalue weighted by Gasteiger charge is 2.16. The van der Waals surface area contributed by atoms with Crippen molar-refractivity contribution in [1.82, 2.24) is 19.7 Å². The SMILES string of the molecule is CCn1c(SCc2cc(Cl)ccc2OCc2cccnc2)nnc1-c1ccco1. The number of ether oxygens (including phenoxy) is 1. The Morgan fingerprint density at radius 3 is 2.86 bits per heavy atom. The average molecular weight is 427 g/mol. The molecule has 0 aliphatic rings. The number of nitrogens with zero attached hydrogens (tertiary/aromatic N) is 4. The van der Waals surface area contributed by atoms with Crippen LogP contribution in [-0.2, 0) is 18.9 Å². The van der Waals surface area contributed by atoms with E-state index in [4.69, 9.17) is 20.8 Å². The third-order valence-corrected chi connectivity index (χ3v) is 5.52. The molecule has 8 heteroatoms. The normalized spacial score (nSPS) is 11.0.